The lowest BCUT2D eigenvalue weighted by Crippen LogP contribution is -2.48. The number of aliphatic hydroxyl groups is 1. The Labute approximate surface area is 164 Å². The van der Waals surface area contributed by atoms with E-state index in [4.69, 9.17) is 0 Å². The van der Waals surface area contributed by atoms with Gasteiger partial charge >= 0.3 is 0 Å². The Hall–Kier alpha value is -2.25. The zero-order chi connectivity index (χ0) is 19.1. The van der Waals surface area contributed by atoms with Crippen LogP contribution in [0, 0.1) is 11.8 Å². The second-order valence-corrected chi connectivity index (χ2v) is 8.48. The number of amides is 1. The molecule has 1 saturated carbocycles. The molecule has 0 radical (unpaired) electrons. The first-order chi connectivity index (χ1) is 13.7. The highest BCUT2D eigenvalue weighted by Crippen LogP contribution is 2.39. The van der Waals surface area contributed by atoms with E-state index in [9.17, 15) is 9.90 Å². The molecule has 0 unspecified atom stereocenters. The van der Waals surface area contributed by atoms with Crippen molar-refractivity contribution in [2.24, 2.45) is 11.8 Å². The maximum absolute atomic E-state index is 13.0. The van der Waals surface area contributed by atoms with E-state index >= 15 is 0 Å². The van der Waals surface area contributed by atoms with Crippen molar-refractivity contribution in [3.8, 4) is 11.3 Å². The fraction of sp³-hybridized carbons (Fsp3) is 0.571. The minimum atomic E-state index is -0.264. The summed E-state index contributed by atoms with van der Waals surface area (Å²) >= 11 is 0. The summed E-state index contributed by atoms with van der Waals surface area (Å²) in [6.07, 6.45) is 7.46. The van der Waals surface area contributed by atoms with E-state index < -0.39 is 0 Å². The Balaban J connectivity index is 1.27. The third-order valence-corrected chi connectivity index (χ3v) is 6.79. The number of nitrogens with one attached hydrogen (secondary N) is 1. The molecule has 4 heterocycles. The standard InChI is InChI=1S/C21H27N5O2/c27-20-10-16-13-26(12-15(16)9-19(20)25-7-1-2-8-25)21(28)18-11-17(23-24-18)14-3-5-22-6-4-14/h3-6,11,15-16,19-20,27H,1-2,7-10,12-13H2,(H,23,24)/t15-,16+,19-,20-/m1/s1. The van der Waals surface area contributed by atoms with Crippen molar-refractivity contribution in [1.82, 2.24) is 25.0 Å². The first-order valence-corrected chi connectivity index (χ1v) is 10.4. The summed E-state index contributed by atoms with van der Waals surface area (Å²) in [6.45, 7) is 3.72. The number of fused-ring (bicyclic) bond motifs is 1. The minimum Gasteiger partial charge on any atom is -0.391 e. The highest BCUT2D eigenvalue weighted by molar-refractivity contribution is 5.93. The van der Waals surface area contributed by atoms with Crippen molar-refractivity contribution < 1.29 is 9.90 Å². The van der Waals surface area contributed by atoms with Crippen LogP contribution in [0.4, 0.5) is 0 Å². The number of aromatic nitrogens is 3. The third kappa shape index (κ3) is 3.22. The molecule has 2 N–H and O–H groups in total. The molecule has 3 aliphatic rings. The third-order valence-electron chi connectivity index (χ3n) is 6.79. The van der Waals surface area contributed by atoms with E-state index in [-0.39, 0.29) is 18.1 Å². The lowest BCUT2D eigenvalue weighted by molar-refractivity contribution is -0.000864. The topological polar surface area (TPSA) is 85.4 Å². The Bertz CT molecular complexity index is 832. The zero-order valence-corrected chi connectivity index (χ0v) is 16.0. The van der Waals surface area contributed by atoms with Crippen molar-refractivity contribution in [1.29, 1.82) is 0 Å². The molecule has 2 aromatic rings. The van der Waals surface area contributed by atoms with Crippen LogP contribution in [0.2, 0.25) is 0 Å². The monoisotopic (exact) mass is 381 g/mol. The number of pyridine rings is 1. The summed E-state index contributed by atoms with van der Waals surface area (Å²) in [5.74, 6) is 0.898. The maximum Gasteiger partial charge on any atom is 0.271 e. The van der Waals surface area contributed by atoms with E-state index in [0.717, 1.165) is 50.3 Å². The van der Waals surface area contributed by atoms with Crippen LogP contribution in [0.3, 0.4) is 0 Å². The summed E-state index contributed by atoms with van der Waals surface area (Å²) in [7, 11) is 0. The molecule has 1 amide bonds. The van der Waals surface area contributed by atoms with Crippen LogP contribution in [0.25, 0.3) is 11.3 Å². The number of carbonyl (C=O) groups is 1. The molecule has 7 nitrogen and oxygen atoms in total. The molecular formula is C21H27N5O2. The number of hydrogen-bond donors (Lipinski definition) is 2. The van der Waals surface area contributed by atoms with Crippen LogP contribution < -0.4 is 0 Å². The Morgan fingerprint density at radius 3 is 2.57 bits per heavy atom. The van der Waals surface area contributed by atoms with Gasteiger partial charge in [0.2, 0.25) is 0 Å². The summed E-state index contributed by atoms with van der Waals surface area (Å²) in [5, 5.41) is 17.9. The number of carbonyl (C=O) groups excluding carboxylic acids is 1. The second kappa shape index (κ2) is 7.29. The quantitative estimate of drug-likeness (QED) is 0.847. The van der Waals surface area contributed by atoms with Crippen molar-refractivity contribution in [2.45, 2.75) is 37.8 Å². The van der Waals surface area contributed by atoms with E-state index in [2.05, 4.69) is 20.1 Å². The van der Waals surface area contributed by atoms with Gasteiger partial charge in [0.15, 0.2) is 0 Å². The first-order valence-electron chi connectivity index (χ1n) is 10.4. The van der Waals surface area contributed by atoms with Gasteiger partial charge in [-0.2, -0.15) is 5.10 Å². The van der Waals surface area contributed by atoms with Gasteiger partial charge in [0.25, 0.3) is 5.91 Å². The molecule has 2 aliphatic heterocycles. The summed E-state index contributed by atoms with van der Waals surface area (Å²) in [5.41, 5.74) is 2.23. The van der Waals surface area contributed by atoms with Crippen LogP contribution in [-0.2, 0) is 0 Å². The summed E-state index contributed by atoms with van der Waals surface area (Å²) in [6, 6.07) is 5.86. The number of rotatable bonds is 3. The smallest absolute Gasteiger partial charge is 0.271 e. The molecular weight excluding hydrogens is 354 g/mol. The van der Waals surface area contributed by atoms with Crippen LogP contribution >= 0.6 is 0 Å². The predicted molar refractivity (Wildman–Crippen MR) is 105 cm³/mol. The second-order valence-electron chi connectivity index (χ2n) is 8.48. The minimum absolute atomic E-state index is 0.00872. The molecule has 5 rings (SSSR count). The van der Waals surface area contributed by atoms with Crippen molar-refractivity contribution in [3.05, 3.63) is 36.3 Å². The van der Waals surface area contributed by atoms with Gasteiger partial charge in [-0.05, 0) is 68.8 Å². The molecule has 4 atom stereocenters. The highest BCUT2D eigenvalue weighted by atomic mass is 16.3. The number of nitrogens with zero attached hydrogens (tertiary/aromatic N) is 4. The Kier molecular flexibility index (Phi) is 4.64. The largest absolute Gasteiger partial charge is 0.391 e. The predicted octanol–water partition coefficient (Wildman–Crippen LogP) is 1.78. The van der Waals surface area contributed by atoms with Crippen LogP contribution in [0.1, 0.15) is 36.2 Å². The summed E-state index contributed by atoms with van der Waals surface area (Å²) < 4.78 is 0. The molecule has 3 fully saturated rings. The molecule has 1 aliphatic carbocycles. The van der Waals surface area contributed by atoms with Crippen LogP contribution in [0.15, 0.2) is 30.6 Å². The molecule has 0 aromatic carbocycles. The van der Waals surface area contributed by atoms with Gasteiger partial charge in [0.1, 0.15) is 5.69 Å². The average molecular weight is 381 g/mol. The molecule has 0 bridgehead atoms. The number of likely N-dealkylation sites (tertiary alicyclic amines) is 2. The number of H-pyrrole nitrogens is 1. The molecule has 148 valence electrons. The first kappa shape index (κ1) is 17.8. The van der Waals surface area contributed by atoms with Crippen molar-refractivity contribution in [2.75, 3.05) is 26.2 Å². The molecule has 2 saturated heterocycles. The number of aromatic amines is 1. The van der Waals surface area contributed by atoms with Gasteiger partial charge in [-0.25, -0.2) is 0 Å². The summed E-state index contributed by atoms with van der Waals surface area (Å²) in [4.78, 5) is 21.4. The number of aliphatic hydroxyl groups excluding tert-OH is 1. The van der Waals surface area contributed by atoms with Gasteiger partial charge in [0.05, 0.1) is 11.8 Å². The normalized spacial score (nSPS) is 30.5. The highest BCUT2D eigenvalue weighted by Gasteiger charge is 2.45. The SMILES string of the molecule is O=C(c1cc(-c2ccncc2)n[nH]1)N1C[C@H]2C[C@@H](N3CCCC3)[C@H](O)C[C@H]2C1. The number of hydrogen-bond acceptors (Lipinski definition) is 5. The fourth-order valence-corrected chi connectivity index (χ4v) is 5.31. The van der Waals surface area contributed by atoms with Crippen molar-refractivity contribution in [3.63, 3.8) is 0 Å². The fourth-order valence-electron chi connectivity index (χ4n) is 5.31. The van der Waals surface area contributed by atoms with Gasteiger partial charge in [-0.3, -0.25) is 19.8 Å². The van der Waals surface area contributed by atoms with Crippen LogP contribution in [-0.4, -0.2) is 74.3 Å². The van der Waals surface area contributed by atoms with Crippen molar-refractivity contribution >= 4 is 5.91 Å². The van der Waals surface area contributed by atoms with Gasteiger partial charge in [-0.15, -0.1) is 0 Å². The van der Waals surface area contributed by atoms with E-state index in [1.165, 1.54) is 12.8 Å². The van der Waals surface area contributed by atoms with Gasteiger partial charge in [-0.1, -0.05) is 0 Å². The molecule has 28 heavy (non-hydrogen) atoms. The lowest BCUT2D eigenvalue weighted by Gasteiger charge is -2.40. The lowest BCUT2D eigenvalue weighted by atomic mass is 9.77. The van der Waals surface area contributed by atoms with E-state index in [1.807, 2.05) is 23.1 Å². The van der Waals surface area contributed by atoms with E-state index in [0.29, 0.717) is 17.5 Å². The van der Waals surface area contributed by atoms with E-state index in [1.54, 1.807) is 12.4 Å². The Morgan fingerprint density at radius 2 is 1.82 bits per heavy atom. The van der Waals surface area contributed by atoms with Gasteiger partial charge in [0, 0.05) is 37.1 Å². The molecule has 2 aromatic heterocycles. The Morgan fingerprint density at radius 1 is 1.11 bits per heavy atom. The average Bonchev–Trinajstić information content (AvgIpc) is 3.47. The van der Waals surface area contributed by atoms with Crippen LogP contribution in [0.5, 0.6) is 0 Å². The molecule has 7 heteroatoms. The maximum atomic E-state index is 13.0. The van der Waals surface area contributed by atoms with Gasteiger partial charge < -0.3 is 10.0 Å². The molecule has 0 spiro atoms. The zero-order valence-electron chi connectivity index (χ0n) is 16.0.